The quantitative estimate of drug-likeness (QED) is 0.604. The molecular weight excluding hydrogens is 222 g/mol. The maximum atomic E-state index is 11.7. The highest BCUT2D eigenvalue weighted by Gasteiger charge is 2.14. The van der Waals surface area contributed by atoms with Crippen molar-refractivity contribution in [1.29, 1.82) is 0 Å². The molecule has 1 rings (SSSR count). The molecule has 0 heterocycles. The van der Waals surface area contributed by atoms with E-state index in [9.17, 15) is 14.7 Å². The van der Waals surface area contributed by atoms with Gasteiger partial charge in [0.25, 0.3) is 12.3 Å². The summed E-state index contributed by atoms with van der Waals surface area (Å²) in [6.07, 6.45) is -1.63. The third-order valence-electron chi connectivity index (χ3n) is 2.17. The number of esters is 1. The molecule has 0 aliphatic rings. The van der Waals surface area contributed by atoms with Gasteiger partial charge in [0.1, 0.15) is 0 Å². The zero-order chi connectivity index (χ0) is 13.0. The lowest BCUT2D eigenvalue weighted by Gasteiger charge is -2.13. The van der Waals surface area contributed by atoms with Crippen molar-refractivity contribution in [2.75, 3.05) is 0 Å². The predicted molar refractivity (Wildman–Crippen MR) is 61.2 cm³/mol. The summed E-state index contributed by atoms with van der Waals surface area (Å²) in [5.41, 5.74) is 2.15. The number of nitrogens with one attached hydrogen (secondary N) is 1. The lowest BCUT2D eigenvalue weighted by atomic mass is 10.1. The summed E-state index contributed by atoms with van der Waals surface area (Å²) in [7, 11) is 0. The van der Waals surface area contributed by atoms with E-state index in [0.717, 1.165) is 18.1 Å². The highest BCUT2D eigenvalue weighted by atomic mass is 16.7. The Morgan fingerprint density at radius 1 is 1.35 bits per heavy atom. The summed E-state index contributed by atoms with van der Waals surface area (Å²) >= 11 is 0. The molecule has 1 amide bonds. The van der Waals surface area contributed by atoms with Crippen LogP contribution in [0, 0.1) is 13.8 Å². The van der Waals surface area contributed by atoms with Crippen LogP contribution in [-0.2, 0) is 9.53 Å². The van der Waals surface area contributed by atoms with Gasteiger partial charge in [0, 0.05) is 12.5 Å². The van der Waals surface area contributed by atoms with E-state index in [1.54, 1.807) is 13.0 Å². The van der Waals surface area contributed by atoms with Gasteiger partial charge in [-0.15, -0.1) is 0 Å². The number of aliphatic hydroxyl groups is 1. The third kappa shape index (κ3) is 3.88. The van der Waals surface area contributed by atoms with Crippen LogP contribution in [0.2, 0.25) is 0 Å². The minimum atomic E-state index is -1.63. The minimum Gasteiger partial charge on any atom is -0.417 e. The second-order valence-corrected chi connectivity index (χ2v) is 3.75. The van der Waals surface area contributed by atoms with E-state index in [2.05, 4.69) is 10.1 Å². The van der Waals surface area contributed by atoms with Crippen LogP contribution in [-0.4, -0.2) is 23.4 Å². The average Bonchev–Trinajstić information content (AvgIpc) is 2.20. The summed E-state index contributed by atoms with van der Waals surface area (Å²) in [6, 6.07) is 5.39. The Labute approximate surface area is 99.4 Å². The molecule has 0 spiro atoms. The first-order valence-electron chi connectivity index (χ1n) is 5.13. The molecule has 1 aromatic rings. The normalized spacial score (nSPS) is 11.8. The fourth-order valence-corrected chi connectivity index (χ4v) is 1.36. The summed E-state index contributed by atoms with van der Waals surface area (Å²) in [5, 5.41) is 11.4. The number of carbonyl (C=O) groups is 2. The molecule has 0 bridgehead atoms. The van der Waals surface area contributed by atoms with Crippen molar-refractivity contribution in [2.24, 2.45) is 0 Å². The smallest absolute Gasteiger partial charge is 0.306 e. The van der Waals surface area contributed by atoms with Crippen LogP contribution in [0.3, 0.4) is 0 Å². The number of carbonyl (C=O) groups excluding carboxylic acids is 2. The van der Waals surface area contributed by atoms with Gasteiger partial charge in [0.05, 0.1) is 0 Å². The van der Waals surface area contributed by atoms with Crippen LogP contribution in [0.5, 0.6) is 0 Å². The van der Waals surface area contributed by atoms with Crippen molar-refractivity contribution in [3.8, 4) is 0 Å². The first-order chi connectivity index (χ1) is 7.90. The average molecular weight is 237 g/mol. The Kier molecular flexibility index (Phi) is 4.23. The topological polar surface area (TPSA) is 75.6 Å². The molecule has 0 radical (unpaired) electrons. The first-order valence-corrected chi connectivity index (χ1v) is 5.13. The number of hydrogen-bond donors (Lipinski definition) is 2. The molecule has 1 unspecified atom stereocenters. The van der Waals surface area contributed by atoms with Crippen LogP contribution in [0.4, 0.5) is 0 Å². The predicted octanol–water partition coefficient (Wildman–Crippen LogP) is 0.872. The van der Waals surface area contributed by atoms with Gasteiger partial charge in [-0.3, -0.25) is 14.9 Å². The van der Waals surface area contributed by atoms with Crippen molar-refractivity contribution in [1.82, 2.24) is 5.32 Å². The molecule has 1 atom stereocenters. The molecule has 0 saturated carbocycles. The van der Waals surface area contributed by atoms with E-state index in [1.807, 2.05) is 19.1 Å². The lowest BCUT2D eigenvalue weighted by Crippen LogP contribution is -2.38. The Hall–Kier alpha value is -1.88. The molecule has 0 aliphatic heterocycles. The maximum Gasteiger partial charge on any atom is 0.306 e. The molecule has 2 N–H and O–H groups in total. The van der Waals surface area contributed by atoms with Gasteiger partial charge in [-0.2, -0.15) is 0 Å². The van der Waals surface area contributed by atoms with Crippen LogP contribution < -0.4 is 5.32 Å². The number of benzene rings is 1. The Bertz CT molecular complexity index is 442. The molecule has 0 aromatic heterocycles. The maximum absolute atomic E-state index is 11.7. The van der Waals surface area contributed by atoms with Crippen molar-refractivity contribution in [2.45, 2.75) is 27.2 Å². The van der Waals surface area contributed by atoms with Crippen LogP contribution in [0.1, 0.15) is 28.4 Å². The van der Waals surface area contributed by atoms with Crippen LogP contribution in [0.15, 0.2) is 18.2 Å². The van der Waals surface area contributed by atoms with Gasteiger partial charge in [0.2, 0.25) is 0 Å². The lowest BCUT2D eigenvalue weighted by molar-refractivity contribution is -0.167. The fourth-order valence-electron chi connectivity index (χ4n) is 1.36. The van der Waals surface area contributed by atoms with Crippen molar-refractivity contribution < 1.29 is 19.4 Å². The number of amides is 1. The zero-order valence-corrected chi connectivity index (χ0v) is 9.98. The van der Waals surface area contributed by atoms with Crippen molar-refractivity contribution >= 4 is 11.9 Å². The van der Waals surface area contributed by atoms with E-state index >= 15 is 0 Å². The largest absolute Gasteiger partial charge is 0.417 e. The van der Waals surface area contributed by atoms with Gasteiger partial charge in [0.15, 0.2) is 0 Å². The van der Waals surface area contributed by atoms with E-state index in [4.69, 9.17) is 0 Å². The summed E-state index contributed by atoms with van der Waals surface area (Å²) in [5.74, 6) is -1.15. The second kappa shape index (κ2) is 5.45. The molecule has 5 heteroatoms. The highest BCUT2D eigenvalue weighted by Crippen LogP contribution is 2.10. The minimum absolute atomic E-state index is 0.441. The Morgan fingerprint density at radius 2 is 2.00 bits per heavy atom. The van der Waals surface area contributed by atoms with E-state index in [0.29, 0.717) is 5.56 Å². The van der Waals surface area contributed by atoms with Gasteiger partial charge < -0.3 is 9.84 Å². The Balaban J connectivity index is 2.76. The van der Waals surface area contributed by atoms with Gasteiger partial charge in [-0.25, -0.2) is 0 Å². The molecule has 0 aliphatic carbocycles. The highest BCUT2D eigenvalue weighted by molar-refractivity contribution is 5.95. The van der Waals surface area contributed by atoms with Gasteiger partial charge >= 0.3 is 5.97 Å². The Morgan fingerprint density at radius 3 is 2.59 bits per heavy atom. The van der Waals surface area contributed by atoms with Gasteiger partial charge in [-0.05, 0) is 25.5 Å². The SMILES string of the molecule is CC(=O)OC(O)NC(=O)c1cc(C)ccc1C. The van der Waals surface area contributed by atoms with Crippen LogP contribution in [0.25, 0.3) is 0 Å². The molecular formula is C12H15NO4. The van der Waals surface area contributed by atoms with E-state index in [-0.39, 0.29) is 0 Å². The van der Waals surface area contributed by atoms with Crippen LogP contribution >= 0.6 is 0 Å². The molecule has 1 aromatic carbocycles. The molecule has 92 valence electrons. The summed E-state index contributed by atoms with van der Waals surface area (Å²) < 4.78 is 4.40. The molecule has 0 fully saturated rings. The van der Waals surface area contributed by atoms with E-state index < -0.39 is 18.3 Å². The number of hydrogen-bond acceptors (Lipinski definition) is 4. The number of aryl methyl sites for hydroxylation is 2. The standard InChI is InChI=1S/C12H15NO4/c1-7-4-5-8(2)10(6-7)11(15)13-12(16)17-9(3)14/h4-6,12,16H,1-3H3,(H,13,15). The zero-order valence-electron chi connectivity index (χ0n) is 9.98. The molecule has 17 heavy (non-hydrogen) atoms. The fraction of sp³-hybridized carbons (Fsp3) is 0.333. The monoisotopic (exact) mass is 237 g/mol. The van der Waals surface area contributed by atoms with Crippen molar-refractivity contribution in [3.63, 3.8) is 0 Å². The number of aliphatic hydroxyl groups excluding tert-OH is 1. The second-order valence-electron chi connectivity index (χ2n) is 3.75. The van der Waals surface area contributed by atoms with Crippen molar-refractivity contribution in [3.05, 3.63) is 34.9 Å². The number of ether oxygens (including phenoxy) is 1. The summed E-state index contributed by atoms with van der Waals surface area (Å²) in [4.78, 5) is 22.3. The van der Waals surface area contributed by atoms with E-state index in [1.165, 1.54) is 0 Å². The number of rotatable bonds is 3. The molecule has 5 nitrogen and oxygen atoms in total. The first kappa shape index (κ1) is 13.2. The van der Waals surface area contributed by atoms with Gasteiger partial charge in [-0.1, -0.05) is 17.7 Å². The molecule has 0 saturated heterocycles. The summed E-state index contributed by atoms with van der Waals surface area (Å²) in [6.45, 7) is 4.79. The third-order valence-corrected chi connectivity index (χ3v) is 2.17.